The molecule has 2 saturated heterocycles. The van der Waals surface area contributed by atoms with Gasteiger partial charge in [0, 0.05) is 43.9 Å². The topological polar surface area (TPSA) is 92.2 Å². The van der Waals surface area contributed by atoms with Crippen molar-refractivity contribution >= 4 is 10.9 Å². The lowest BCUT2D eigenvalue weighted by Gasteiger charge is -2.37. The first-order valence-electron chi connectivity index (χ1n) is 11.4. The molecule has 2 aromatic heterocycles. The Morgan fingerprint density at radius 2 is 1.94 bits per heavy atom. The average Bonchev–Trinajstić information content (AvgIpc) is 3.44. The second kappa shape index (κ2) is 8.73. The van der Waals surface area contributed by atoms with Gasteiger partial charge in [-0.3, -0.25) is 9.69 Å². The van der Waals surface area contributed by atoms with Crippen molar-refractivity contribution in [2.45, 2.75) is 45.4 Å². The molecule has 2 aliphatic heterocycles. The van der Waals surface area contributed by atoms with Gasteiger partial charge in [-0.2, -0.15) is 0 Å². The van der Waals surface area contributed by atoms with E-state index in [2.05, 4.69) is 57.3 Å². The van der Waals surface area contributed by atoms with Crippen molar-refractivity contribution in [1.29, 1.82) is 0 Å². The minimum atomic E-state index is -0.310. The van der Waals surface area contributed by atoms with Crippen molar-refractivity contribution < 1.29 is 4.74 Å². The van der Waals surface area contributed by atoms with E-state index in [1.54, 1.807) is 0 Å². The first-order chi connectivity index (χ1) is 15.5. The number of ether oxygens (including phenoxy) is 1. The van der Waals surface area contributed by atoms with Crippen molar-refractivity contribution in [3.63, 3.8) is 0 Å². The Kier molecular flexibility index (Phi) is 5.79. The third-order valence-corrected chi connectivity index (χ3v) is 6.89. The SMILES string of the molecule is Cc1cc2cc([C@H](c3nnnn3C[C@@H]3CCCO3)N3CCN(C)CC3)c(=O)[nH]c2cc1C. The number of likely N-dealkylation sites (N-methyl/N-ethyl adjacent to an activating group) is 1. The number of pyridine rings is 1. The van der Waals surface area contributed by atoms with Crippen LogP contribution in [-0.4, -0.2) is 80.9 Å². The lowest BCUT2D eigenvalue weighted by atomic mass is 10.00. The van der Waals surface area contributed by atoms with E-state index < -0.39 is 0 Å². The quantitative estimate of drug-likeness (QED) is 0.649. The van der Waals surface area contributed by atoms with Crippen LogP contribution in [0.25, 0.3) is 10.9 Å². The Morgan fingerprint density at radius 1 is 1.16 bits per heavy atom. The van der Waals surface area contributed by atoms with Crippen molar-refractivity contribution in [1.82, 2.24) is 35.0 Å². The lowest BCUT2D eigenvalue weighted by Crippen LogP contribution is -2.47. The zero-order valence-corrected chi connectivity index (χ0v) is 19.0. The Bertz CT molecular complexity index is 1160. The second-order valence-corrected chi connectivity index (χ2v) is 9.17. The zero-order valence-electron chi connectivity index (χ0n) is 19.0. The molecule has 9 nitrogen and oxygen atoms in total. The Hall–Kier alpha value is -2.62. The number of aryl methyl sites for hydroxylation is 2. The number of rotatable bonds is 5. The summed E-state index contributed by atoms with van der Waals surface area (Å²) in [7, 11) is 2.13. The molecule has 2 fully saturated rings. The van der Waals surface area contributed by atoms with Gasteiger partial charge >= 0.3 is 0 Å². The molecule has 2 aliphatic rings. The highest BCUT2D eigenvalue weighted by molar-refractivity contribution is 5.81. The first-order valence-corrected chi connectivity index (χ1v) is 11.4. The van der Waals surface area contributed by atoms with Crippen LogP contribution < -0.4 is 5.56 Å². The summed E-state index contributed by atoms with van der Waals surface area (Å²) in [5.41, 5.74) is 3.83. The van der Waals surface area contributed by atoms with Crippen LogP contribution in [0.3, 0.4) is 0 Å². The standard InChI is InChI=1S/C23H31N7O2/c1-15-11-17-13-19(23(31)24-20(17)12-16(15)2)21(29-8-6-28(3)7-9-29)22-25-26-27-30(22)14-18-5-4-10-32-18/h11-13,18,21H,4-10,14H2,1-3H3,(H,24,31)/t18-,21+/m0/s1. The summed E-state index contributed by atoms with van der Waals surface area (Å²) < 4.78 is 7.66. The van der Waals surface area contributed by atoms with E-state index in [4.69, 9.17) is 4.74 Å². The number of hydrogen-bond acceptors (Lipinski definition) is 7. The van der Waals surface area contributed by atoms with Gasteiger partial charge in [0.1, 0.15) is 6.04 Å². The smallest absolute Gasteiger partial charge is 0.253 e. The minimum absolute atomic E-state index is 0.0867. The Labute approximate surface area is 187 Å². The van der Waals surface area contributed by atoms with Gasteiger partial charge in [0.15, 0.2) is 5.82 Å². The molecular weight excluding hydrogens is 406 g/mol. The number of aromatic amines is 1. The summed E-state index contributed by atoms with van der Waals surface area (Å²) in [5, 5.41) is 13.7. The summed E-state index contributed by atoms with van der Waals surface area (Å²) in [6.07, 6.45) is 2.19. The largest absolute Gasteiger partial charge is 0.376 e. The van der Waals surface area contributed by atoms with E-state index >= 15 is 0 Å². The molecule has 3 aromatic rings. The van der Waals surface area contributed by atoms with Crippen LogP contribution >= 0.6 is 0 Å². The van der Waals surface area contributed by atoms with E-state index in [0.717, 1.165) is 62.1 Å². The summed E-state index contributed by atoms with van der Waals surface area (Å²) in [6.45, 7) is 9.12. The number of aromatic nitrogens is 5. The fourth-order valence-electron chi connectivity index (χ4n) is 4.79. The highest BCUT2D eigenvalue weighted by Gasteiger charge is 2.33. The van der Waals surface area contributed by atoms with E-state index in [0.29, 0.717) is 17.9 Å². The van der Waals surface area contributed by atoms with Gasteiger partial charge in [-0.25, -0.2) is 4.68 Å². The molecule has 1 aromatic carbocycles. The van der Waals surface area contributed by atoms with Crippen LogP contribution in [0.15, 0.2) is 23.0 Å². The predicted molar refractivity (Wildman–Crippen MR) is 122 cm³/mol. The molecule has 9 heteroatoms. The van der Waals surface area contributed by atoms with Crippen LogP contribution in [0.4, 0.5) is 0 Å². The molecule has 0 saturated carbocycles. The molecule has 2 atom stereocenters. The molecule has 4 heterocycles. The monoisotopic (exact) mass is 437 g/mol. The van der Waals surface area contributed by atoms with Crippen LogP contribution in [0.1, 0.15) is 41.4 Å². The Morgan fingerprint density at radius 3 is 2.69 bits per heavy atom. The molecule has 5 rings (SSSR count). The number of H-pyrrole nitrogens is 1. The first kappa shape index (κ1) is 21.2. The van der Waals surface area contributed by atoms with Gasteiger partial charge in [-0.1, -0.05) is 0 Å². The van der Waals surface area contributed by atoms with E-state index in [1.807, 2.05) is 16.8 Å². The fraction of sp³-hybridized carbons (Fsp3) is 0.565. The molecule has 1 N–H and O–H groups in total. The van der Waals surface area contributed by atoms with Crippen LogP contribution in [0.2, 0.25) is 0 Å². The van der Waals surface area contributed by atoms with Gasteiger partial charge in [0.25, 0.3) is 5.56 Å². The maximum absolute atomic E-state index is 13.3. The summed E-state index contributed by atoms with van der Waals surface area (Å²) >= 11 is 0. The number of tetrazole rings is 1. The third kappa shape index (κ3) is 4.07. The van der Waals surface area contributed by atoms with Crippen LogP contribution in [0, 0.1) is 13.8 Å². The molecule has 32 heavy (non-hydrogen) atoms. The zero-order chi connectivity index (χ0) is 22.2. The van der Waals surface area contributed by atoms with E-state index in [9.17, 15) is 4.79 Å². The number of nitrogens with one attached hydrogen (secondary N) is 1. The van der Waals surface area contributed by atoms with Gasteiger partial charge in [0.2, 0.25) is 0 Å². The summed E-state index contributed by atoms with van der Waals surface area (Å²) in [5.74, 6) is 0.707. The summed E-state index contributed by atoms with van der Waals surface area (Å²) in [6, 6.07) is 5.90. The minimum Gasteiger partial charge on any atom is -0.376 e. The van der Waals surface area contributed by atoms with Crippen molar-refractivity contribution in [3.05, 3.63) is 51.1 Å². The summed E-state index contributed by atoms with van der Waals surface area (Å²) in [4.78, 5) is 21.1. The third-order valence-electron chi connectivity index (χ3n) is 6.89. The number of nitrogens with zero attached hydrogens (tertiary/aromatic N) is 6. The highest BCUT2D eigenvalue weighted by atomic mass is 16.5. The molecule has 0 bridgehead atoms. The van der Waals surface area contributed by atoms with Crippen molar-refractivity contribution in [3.8, 4) is 0 Å². The maximum Gasteiger partial charge on any atom is 0.253 e. The van der Waals surface area contributed by atoms with Gasteiger partial charge in [-0.05, 0) is 78.9 Å². The Balaban J connectivity index is 1.60. The molecule has 0 unspecified atom stereocenters. The molecular formula is C23H31N7O2. The van der Waals surface area contributed by atoms with Gasteiger partial charge in [-0.15, -0.1) is 5.10 Å². The van der Waals surface area contributed by atoms with Gasteiger partial charge < -0.3 is 14.6 Å². The molecule has 170 valence electrons. The molecule has 0 spiro atoms. The second-order valence-electron chi connectivity index (χ2n) is 9.17. The number of benzene rings is 1. The van der Waals surface area contributed by atoms with Gasteiger partial charge in [0.05, 0.1) is 12.6 Å². The van der Waals surface area contributed by atoms with Crippen molar-refractivity contribution in [2.24, 2.45) is 0 Å². The molecule has 0 aliphatic carbocycles. The normalized spacial score (nSPS) is 21.4. The number of hydrogen-bond donors (Lipinski definition) is 1. The van der Waals surface area contributed by atoms with Crippen LogP contribution in [0.5, 0.6) is 0 Å². The van der Waals surface area contributed by atoms with Crippen LogP contribution in [-0.2, 0) is 11.3 Å². The average molecular weight is 438 g/mol. The highest BCUT2D eigenvalue weighted by Crippen LogP contribution is 2.29. The fourth-order valence-corrected chi connectivity index (χ4v) is 4.79. The predicted octanol–water partition coefficient (Wildman–Crippen LogP) is 1.65. The number of piperazine rings is 1. The van der Waals surface area contributed by atoms with Crippen molar-refractivity contribution in [2.75, 3.05) is 39.8 Å². The maximum atomic E-state index is 13.3. The van der Waals surface area contributed by atoms with E-state index in [-0.39, 0.29) is 17.7 Å². The van der Waals surface area contributed by atoms with E-state index in [1.165, 1.54) is 5.56 Å². The number of fused-ring (bicyclic) bond motifs is 1. The molecule has 0 radical (unpaired) electrons. The lowest BCUT2D eigenvalue weighted by molar-refractivity contribution is 0.0878. The molecule has 0 amide bonds.